The number of ether oxygens (including phenoxy) is 2. The van der Waals surface area contributed by atoms with Crippen molar-refractivity contribution in [3.05, 3.63) is 45.1 Å². The first kappa shape index (κ1) is 13.2. The Morgan fingerprint density at radius 1 is 1.05 bits per heavy atom. The van der Waals surface area contributed by atoms with Crippen molar-refractivity contribution in [1.82, 2.24) is 0 Å². The predicted octanol–water partition coefficient (Wildman–Crippen LogP) is 3.49. The van der Waals surface area contributed by atoms with Gasteiger partial charge in [-0.25, -0.2) is 0 Å². The maximum atomic E-state index is 12.6. The smallest absolute Gasteiger partial charge is 0.203 e. The van der Waals surface area contributed by atoms with Crippen molar-refractivity contribution < 1.29 is 14.3 Å². The quantitative estimate of drug-likeness (QED) is 0.808. The minimum atomic E-state index is 0.0431. The van der Waals surface area contributed by atoms with E-state index in [0.29, 0.717) is 17.1 Å². The number of hydrogen-bond donors (Lipinski definition) is 0. The molecule has 0 fully saturated rings. The van der Waals surface area contributed by atoms with Crippen LogP contribution in [0.3, 0.4) is 0 Å². The summed E-state index contributed by atoms with van der Waals surface area (Å²) in [6.07, 6.45) is 3.41. The van der Waals surface area contributed by atoms with Crippen molar-refractivity contribution in [3.63, 3.8) is 0 Å². The van der Waals surface area contributed by atoms with Gasteiger partial charge in [-0.05, 0) is 43.0 Å². The van der Waals surface area contributed by atoms with Crippen LogP contribution in [0.2, 0.25) is 0 Å². The Morgan fingerprint density at radius 2 is 1.75 bits per heavy atom. The molecule has 104 valence electrons. The molecule has 1 aromatic carbocycles. The van der Waals surface area contributed by atoms with E-state index in [4.69, 9.17) is 9.47 Å². The van der Waals surface area contributed by atoms with Crippen molar-refractivity contribution in [2.45, 2.75) is 19.3 Å². The van der Waals surface area contributed by atoms with Gasteiger partial charge in [0.1, 0.15) is 11.5 Å². The molecule has 1 aromatic heterocycles. The summed E-state index contributed by atoms with van der Waals surface area (Å²) in [6.45, 7) is 0. The Morgan fingerprint density at radius 3 is 2.35 bits per heavy atom. The van der Waals surface area contributed by atoms with Crippen LogP contribution in [0.5, 0.6) is 11.5 Å². The number of carbonyl (C=O) groups is 1. The van der Waals surface area contributed by atoms with Crippen LogP contribution in [0.15, 0.2) is 24.3 Å². The van der Waals surface area contributed by atoms with E-state index in [9.17, 15) is 4.79 Å². The van der Waals surface area contributed by atoms with Crippen LogP contribution in [0.1, 0.15) is 32.1 Å². The van der Waals surface area contributed by atoms with E-state index in [1.54, 1.807) is 43.8 Å². The molecule has 0 saturated heterocycles. The lowest BCUT2D eigenvalue weighted by Crippen LogP contribution is -2.00. The average molecular weight is 288 g/mol. The van der Waals surface area contributed by atoms with Crippen LogP contribution in [0.25, 0.3) is 0 Å². The van der Waals surface area contributed by atoms with Gasteiger partial charge < -0.3 is 9.47 Å². The molecule has 3 nitrogen and oxygen atoms in total. The van der Waals surface area contributed by atoms with Crippen molar-refractivity contribution in [1.29, 1.82) is 0 Å². The number of ketones is 1. The molecule has 0 spiro atoms. The first-order valence-corrected chi connectivity index (χ1v) is 7.42. The van der Waals surface area contributed by atoms with Crippen molar-refractivity contribution >= 4 is 17.1 Å². The topological polar surface area (TPSA) is 35.5 Å². The fraction of sp³-hybridized carbons (Fsp3) is 0.312. The summed E-state index contributed by atoms with van der Waals surface area (Å²) < 4.78 is 10.4. The fourth-order valence-corrected chi connectivity index (χ4v) is 3.74. The second-order valence-corrected chi connectivity index (χ2v) is 5.98. The summed E-state index contributed by atoms with van der Waals surface area (Å²) in [6, 6.07) is 7.33. The number of fused-ring (bicyclic) bond motifs is 1. The highest BCUT2D eigenvalue weighted by Gasteiger charge is 2.20. The fourth-order valence-electron chi connectivity index (χ4n) is 2.52. The molecule has 2 aromatic rings. The summed E-state index contributed by atoms with van der Waals surface area (Å²) in [5, 5.41) is 0. The van der Waals surface area contributed by atoms with E-state index >= 15 is 0 Å². The Kier molecular flexibility index (Phi) is 3.49. The zero-order valence-electron chi connectivity index (χ0n) is 11.6. The van der Waals surface area contributed by atoms with Gasteiger partial charge in [-0.1, -0.05) is 0 Å². The first-order chi connectivity index (χ1) is 9.71. The molecular weight excluding hydrogens is 272 g/mol. The van der Waals surface area contributed by atoms with Crippen molar-refractivity contribution in [2.24, 2.45) is 0 Å². The van der Waals surface area contributed by atoms with E-state index in [0.717, 1.165) is 17.7 Å². The van der Waals surface area contributed by atoms with Crippen LogP contribution in [0.4, 0.5) is 0 Å². The van der Waals surface area contributed by atoms with Gasteiger partial charge >= 0.3 is 0 Å². The maximum Gasteiger partial charge on any atom is 0.203 e. The summed E-state index contributed by atoms with van der Waals surface area (Å²) in [7, 11) is 3.17. The second kappa shape index (κ2) is 5.29. The minimum absolute atomic E-state index is 0.0431. The molecule has 0 saturated carbocycles. The van der Waals surface area contributed by atoms with Gasteiger partial charge in [-0.15, -0.1) is 11.3 Å². The maximum absolute atomic E-state index is 12.6. The highest BCUT2D eigenvalue weighted by molar-refractivity contribution is 7.14. The molecule has 1 aliphatic rings. The first-order valence-electron chi connectivity index (χ1n) is 6.60. The third-order valence-corrected chi connectivity index (χ3v) is 4.82. The Hall–Kier alpha value is -1.81. The number of rotatable bonds is 4. The third-order valence-electron chi connectivity index (χ3n) is 3.58. The van der Waals surface area contributed by atoms with E-state index < -0.39 is 0 Å². The lowest BCUT2D eigenvalue weighted by atomic mass is 10.1. The van der Waals surface area contributed by atoms with Crippen LogP contribution >= 0.6 is 11.3 Å². The Labute approximate surface area is 122 Å². The molecule has 0 amide bonds. The normalized spacial score (nSPS) is 13.1. The summed E-state index contributed by atoms with van der Waals surface area (Å²) in [5.74, 6) is 1.31. The van der Waals surface area contributed by atoms with Crippen LogP contribution in [-0.4, -0.2) is 20.0 Å². The number of thiophene rings is 1. The lowest BCUT2D eigenvalue weighted by molar-refractivity contribution is 0.104. The number of aryl methyl sites for hydroxylation is 2. The molecule has 4 heteroatoms. The molecule has 1 aliphatic carbocycles. The van der Waals surface area contributed by atoms with Crippen LogP contribution in [0, 0.1) is 0 Å². The van der Waals surface area contributed by atoms with Gasteiger partial charge in [-0.3, -0.25) is 4.79 Å². The Bertz CT molecular complexity index is 614. The number of carbonyl (C=O) groups excluding carboxylic acids is 1. The number of benzene rings is 1. The molecule has 0 bridgehead atoms. The van der Waals surface area contributed by atoms with Gasteiger partial charge in [-0.2, -0.15) is 0 Å². The Balaban J connectivity index is 1.96. The minimum Gasteiger partial charge on any atom is -0.497 e. The zero-order chi connectivity index (χ0) is 14.1. The van der Waals surface area contributed by atoms with Gasteiger partial charge in [0.2, 0.25) is 5.78 Å². The SMILES string of the molecule is COc1cc(OC)cc(C(=O)c2cc3c(s2)CCC3)c1. The zero-order valence-corrected chi connectivity index (χ0v) is 12.4. The average Bonchev–Trinajstić information content (AvgIpc) is 3.07. The molecule has 1 heterocycles. The van der Waals surface area contributed by atoms with E-state index in [2.05, 4.69) is 0 Å². The van der Waals surface area contributed by atoms with Crippen LogP contribution in [-0.2, 0) is 12.8 Å². The number of methoxy groups -OCH3 is 2. The molecule has 0 unspecified atom stereocenters. The molecule has 0 radical (unpaired) electrons. The largest absolute Gasteiger partial charge is 0.497 e. The lowest BCUT2D eigenvalue weighted by Gasteiger charge is -2.07. The molecule has 20 heavy (non-hydrogen) atoms. The predicted molar refractivity (Wildman–Crippen MR) is 79.3 cm³/mol. The summed E-state index contributed by atoms with van der Waals surface area (Å²) in [5.41, 5.74) is 1.95. The van der Waals surface area contributed by atoms with Crippen molar-refractivity contribution in [2.75, 3.05) is 14.2 Å². The standard InChI is InChI=1S/C16H16O3S/c1-18-12-6-11(7-13(9-12)19-2)16(17)15-8-10-4-3-5-14(10)20-15/h6-9H,3-5H2,1-2H3. The summed E-state index contributed by atoms with van der Waals surface area (Å²) in [4.78, 5) is 14.8. The molecule has 3 rings (SSSR count). The summed E-state index contributed by atoms with van der Waals surface area (Å²) >= 11 is 1.62. The number of hydrogen-bond acceptors (Lipinski definition) is 4. The van der Waals surface area contributed by atoms with Gasteiger partial charge in [0.25, 0.3) is 0 Å². The van der Waals surface area contributed by atoms with E-state index in [-0.39, 0.29) is 5.78 Å². The van der Waals surface area contributed by atoms with Gasteiger partial charge in [0, 0.05) is 16.5 Å². The van der Waals surface area contributed by atoms with Crippen LogP contribution < -0.4 is 9.47 Å². The molecule has 0 atom stereocenters. The third kappa shape index (κ3) is 2.31. The monoisotopic (exact) mass is 288 g/mol. The molecule has 0 aliphatic heterocycles. The van der Waals surface area contributed by atoms with Gasteiger partial charge in [0.05, 0.1) is 19.1 Å². The van der Waals surface area contributed by atoms with Gasteiger partial charge in [0.15, 0.2) is 0 Å². The molecule has 0 N–H and O–H groups in total. The second-order valence-electron chi connectivity index (χ2n) is 4.84. The highest BCUT2D eigenvalue weighted by Crippen LogP contribution is 2.33. The van der Waals surface area contributed by atoms with E-state index in [1.165, 1.54) is 16.9 Å². The van der Waals surface area contributed by atoms with Crippen molar-refractivity contribution in [3.8, 4) is 11.5 Å². The highest BCUT2D eigenvalue weighted by atomic mass is 32.1. The molecular formula is C16H16O3S. The van der Waals surface area contributed by atoms with E-state index in [1.807, 2.05) is 6.07 Å².